The molecule has 2 aliphatic rings. The summed E-state index contributed by atoms with van der Waals surface area (Å²) < 4.78 is 6.03. The second-order valence-corrected chi connectivity index (χ2v) is 7.23. The van der Waals surface area contributed by atoms with Crippen molar-refractivity contribution in [3.63, 3.8) is 0 Å². The Morgan fingerprint density at radius 2 is 2.00 bits per heavy atom. The maximum absolute atomic E-state index is 6.25. The Bertz CT molecular complexity index is 673. The van der Waals surface area contributed by atoms with Gasteiger partial charge in [-0.3, -0.25) is 4.90 Å². The summed E-state index contributed by atoms with van der Waals surface area (Å²) in [7, 11) is 0. The van der Waals surface area contributed by atoms with E-state index in [0.29, 0.717) is 11.5 Å². The molecule has 1 aromatic carbocycles. The molecule has 0 radical (unpaired) electrons. The second kappa shape index (κ2) is 6.19. The van der Waals surface area contributed by atoms with Crippen LogP contribution in [0.25, 0.3) is 0 Å². The van der Waals surface area contributed by atoms with Crippen LogP contribution in [-0.2, 0) is 17.7 Å². The summed E-state index contributed by atoms with van der Waals surface area (Å²) in [5, 5.41) is 0.859. The van der Waals surface area contributed by atoms with Gasteiger partial charge in [-0.1, -0.05) is 29.8 Å². The lowest BCUT2D eigenvalue weighted by Crippen LogP contribution is -2.56. The van der Waals surface area contributed by atoms with E-state index in [0.717, 1.165) is 49.7 Å². The highest BCUT2D eigenvalue weighted by molar-refractivity contribution is 6.31. The lowest BCUT2D eigenvalue weighted by Gasteiger charge is -2.47. The third-order valence-electron chi connectivity index (χ3n) is 4.83. The smallest absolute Gasteiger partial charge is 0.115 e. The molecule has 2 aliphatic heterocycles. The summed E-state index contributed by atoms with van der Waals surface area (Å²) >= 11 is 6.25. The van der Waals surface area contributed by atoms with Gasteiger partial charge in [0, 0.05) is 48.9 Å². The Hall–Kier alpha value is -1.49. The van der Waals surface area contributed by atoms with Crippen molar-refractivity contribution in [1.82, 2.24) is 14.9 Å². The Labute approximate surface area is 141 Å². The molecule has 2 saturated heterocycles. The van der Waals surface area contributed by atoms with Crippen LogP contribution >= 0.6 is 11.6 Å². The van der Waals surface area contributed by atoms with Gasteiger partial charge in [-0.2, -0.15) is 0 Å². The molecule has 4 nitrogen and oxygen atoms in total. The van der Waals surface area contributed by atoms with E-state index in [4.69, 9.17) is 16.3 Å². The first-order chi connectivity index (χ1) is 11.2. The van der Waals surface area contributed by atoms with Crippen LogP contribution in [0.4, 0.5) is 0 Å². The fraction of sp³-hybridized carbons (Fsp3) is 0.444. The van der Waals surface area contributed by atoms with E-state index in [-0.39, 0.29) is 0 Å². The normalized spacial score (nSPS) is 23.1. The first-order valence-electron chi connectivity index (χ1n) is 8.04. The van der Waals surface area contributed by atoms with Gasteiger partial charge in [-0.05, 0) is 23.6 Å². The van der Waals surface area contributed by atoms with Crippen LogP contribution in [0.5, 0.6) is 0 Å². The molecule has 2 fully saturated rings. The molecular weight excluding hydrogens is 310 g/mol. The van der Waals surface area contributed by atoms with Crippen molar-refractivity contribution >= 4 is 11.6 Å². The first-order valence-corrected chi connectivity index (χ1v) is 8.42. The van der Waals surface area contributed by atoms with Crippen molar-refractivity contribution in [3.05, 3.63) is 59.1 Å². The van der Waals surface area contributed by atoms with Gasteiger partial charge >= 0.3 is 0 Å². The molecule has 4 rings (SSSR count). The average Bonchev–Trinajstić information content (AvgIpc) is 2.94. The second-order valence-electron chi connectivity index (χ2n) is 6.82. The Morgan fingerprint density at radius 3 is 2.78 bits per heavy atom. The summed E-state index contributed by atoms with van der Waals surface area (Å²) in [4.78, 5) is 10.6. The molecule has 1 aromatic heterocycles. The predicted octanol–water partition coefficient (Wildman–Crippen LogP) is 2.96. The lowest BCUT2D eigenvalue weighted by molar-refractivity contribution is -0.0140. The van der Waals surface area contributed by atoms with E-state index < -0.39 is 0 Å². The quantitative estimate of drug-likeness (QED) is 0.864. The van der Waals surface area contributed by atoms with Crippen LogP contribution in [-0.4, -0.2) is 40.7 Å². The molecule has 0 saturated carbocycles. The van der Waals surface area contributed by atoms with E-state index in [1.165, 1.54) is 5.56 Å². The van der Waals surface area contributed by atoms with Crippen molar-refractivity contribution in [1.29, 1.82) is 0 Å². The zero-order valence-corrected chi connectivity index (χ0v) is 13.7. The van der Waals surface area contributed by atoms with Gasteiger partial charge in [0.2, 0.25) is 0 Å². The number of benzene rings is 1. The zero-order valence-electron chi connectivity index (χ0n) is 13.0. The maximum atomic E-state index is 6.25. The van der Waals surface area contributed by atoms with E-state index in [9.17, 15) is 0 Å². The highest BCUT2D eigenvalue weighted by Gasteiger charge is 2.48. The summed E-state index contributed by atoms with van der Waals surface area (Å²) in [6.45, 7) is 3.99. The minimum Gasteiger partial charge on any atom is -0.377 e. The van der Waals surface area contributed by atoms with E-state index >= 15 is 0 Å². The molecule has 3 heterocycles. The molecule has 0 amide bonds. The number of nitrogens with zero attached hydrogens (tertiary/aromatic N) is 3. The summed E-state index contributed by atoms with van der Waals surface area (Å²) in [6, 6.07) is 8.10. The summed E-state index contributed by atoms with van der Waals surface area (Å²) in [6.07, 6.45) is 7.66. The third-order valence-corrected chi connectivity index (χ3v) is 5.20. The molecule has 0 N–H and O–H groups in total. The fourth-order valence-corrected chi connectivity index (χ4v) is 4.02. The monoisotopic (exact) mass is 329 g/mol. The van der Waals surface area contributed by atoms with Gasteiger partial charge in [0.1, 0.15) is 6.33 Å². The van der Waals surface area contributed by atoms with Crippen LogP contribution in [0.1, 0.15) is 17.5 Å². The van der Waals surface area contributed by atoms with E-state index in [1.54, 1.807) is 6.33 Å². The van der Waals surface area contributed by atoms with Crippen LogP contribution < -0.4 is 0 Å². The maximum Gasteiger partial charge on any atom is 0.115 e. The molecule has 0 aliphatic carbocycles. The number of halogens is 1. The topological polar surface area (TPSA) is 38.2 Å². The Balaban J connectivity index is 1.30. The minimum atomic E-state index is 0.295. The summed E-state index contributed by atoms with van der Waals surface area (Å²) in [5.74, 6) is 0. The van der Waals surface area contributed by atoms with Crippen molar-refractivity contribution < 1.29 is 4.74 Å². The fourth-order valence-electron chi connectivity index (χ4n) is 3.83. The summed E-state index contributed by atoms with van der Waals surface area (Å²) in [5.41, 5.74) is 2.70. The van der Waals surface area contributed by atoms with Crippen molar-refractivity contribution in [2.45, 2.75) is 25.5 Å². The molecule has 0 unspecified atom stereocenters. The Morgan fingerprint density at radius 1 is 1.22 bits per heavy atom. The number of rotatable bonds is 4. The Kier molecular flexibility index (Phi) is 4.05. The lowest BCUT2D eigenvalue weighted by atomic mass is 9.77. The molecule has 1 spiro atoms. The van der Waals surface area contributed by atoms with Gasteiger partial charge in [-0.25, -0.2) is 9.97 Å². The van der Waals surface area contributed by atoms with Gasteiger partial charge in [-0.15, -0.1) is 0 Å². The van der Waals surface area contributed by atoms with Crippen LogP contribution in [0.2, 0.25) is 5.02 Å². The first kappa shape index (κ1) is 15.1. The molecule has 1 atom stereocenters. The van der Waals surface area contributed by atoms with E-state index in [2.05, 4.69) is 20.9 Å². The van der Waals surface area contributed by atoms with Gasteiger partial charge in [0.15, 0.2) is 0 Å². The number of likely N-dealkylation sites (tertiary alicyclic amines) is 1. The van der Waals surface area contributed by atoms with Crippen molar-refractivity contribution in [2.75, 3.05) is 19.7 Å². The molecule has 23 heavy (non-hydrogen) atoms. The largest absolute Gasteiger partial charge is 0.377 e. The SMILES string of the molecule is Clc1ccccc1CN1CC2(CO[C@H](Cc3cncnc3)C2)C1. The molecule has 0 bridgehead atoms. The highest BCUT2D eigenvalue weighted by Crippen LogP contribution is 2.42. The number of aromatic nitrogens is 2. The average molecular weight is 330 g/mol. The molecule has 120 valence electrons. The van der Waals surface area contributed by atoms with Crippen LogP contribution in [0.15, 0.2) is 43.0 Å². The van der Waals surface area contributed by atoms with E-state index in [1.807, 2.05) is 30.6 Å². The number of hydrogen-bond donors (Lipinski definition) is 0. The number of ether oxygens (including phenoxy) is 1. The minimum absolute atomic E-state index is 0.295. The highest BCUT2D eigenvalue weighted by atomic mass is 35.5. The van der Waals surface area contributed by atoms with Gasteiger partial charge in [0.25, 0.3) is 0 Å². The predicted molar refractivity (Wildman–Crippen MR) is 89.3 cm³/mol. The van der Waals surface area contributed by atoms with Crippen LogP contribution in [0, 0.1) is 5.41 Å². The van der Waals surface area contributed by atoms with Crippen molar-refractivity contribution in [2.24, 2.45) is 5.41 Å². The molecule has 2 aromatic rings. The standard InChI is InChI=1S/C18H20ClN3O/c19-17-4-2-1-3-15(17)9-22-10-18(11-22)6-16(23-12-18)5-14-7-20-13-21-8-14/h1-4,7-8,13,16H,5-6,9-12H2/t16-/m1/s1. The number of hydrogen-bond acceptors (Lipinski definition) is 4. The molecular formula is C18H20ClN3O. The van der Waals surface area contributed by atoms with Crippen molar-refractivity contribution in [3.8, 4) is 0 Å². The molecule has 5 heteroatoms. The zero-order chi connectivity index (χ0) is 15.7. The van der Waals surface area contributed by atoms with Gasteiger partial charge < -0.3 is 4.74 Å². The third kappa shape index (κ3) is 3.25. The van der Waals surface area contributed by atoms with Gasteiger partial charge in [0.05, 0.1) is 12.7 Å². The van der Waals surface area contributed by atoms with Crippen LogP contribution in [0.3, 0.4) is 0 Å².